The van der Waals surface area contributed by atoms with E-state index in [9.17, 15) is 4.79 Å². The number of carbonyl (C=O) groups excluding carboxylic acids is 1. The lowest BCUT2D eigenvalue weighted by atomic mass is 10.4. The maximum absolute atomic E-state index is 11.2. The van der Waals surface area contributed by atoms with Crippen molar-refractivity contribution in [2.24, 2.45) is 4.99 Å². The average Bonchev–Trinajstić information content (AvgIpc) is 4.11. The normalized spacial score (nSPS) is 46.0. The summed E-state index contributed by atoms with van der Waals surface area (Å²) in [5.41, 5.74) is -0.118. The van der Waals surface area contributed by atoms with E-state index in [2.05, 4.69) is 18.1 Å². The Kier molecular flexibility index (Phi) is 12.8. The summed E-state index contributed by atoms with van der Waals surface area (Å²) >= 11 is 0. The molecular weight excluding hydrogens is 983 g/mol. The quantitative estimate of drug-likeness (QED) is 0.0745. The Morgan fingerprint density at radius 1 is 0.400 bits per heavy atom. The molecule has 13 fully saturated rings. The van der Waals surface area contributed by atoms with E-state index < -0.39 is 79.0 Å². The predicted molar refractivity (Wildman–Crippen MR) is 256 cm³/mol. The molecule has 0 unspecified atom stereocenters. The Labute approximate surface area is 396 Å². The van der Waals surface area contributed by atoms with Crippen molar-refractivity contribution >= 4 is 85.1 Å². The minimum Gasteiger partial charge on any atom is -0.395 e. The van der Waals surface area contributed by atoms with Crippen LogP contribution in [0.3, 0.4) is 0 Å². The highest BCUT2D eigenvalue weighted by molar-refractivity contribution is 7.04. The van der Waals surface area contributed by atoms with Crippen molar-refractivity contribution in [1.82, 2.24) is 0 Å². The smallest absolute Gasteiger partial charge is 0.395 e. The van der Waals surface area contributed by atoms with Crippen LogP contribution in [0.2, 0.25) is 57.9 Å². The van der Waals surface area contributed by atoms with Crippen molar-refractivity contribution in [2.45, 2.75) is 244 Å². The Bertz CT molecular complexity index is 1620. The van der Waals surface area contributed by atoms with E-state index in [4.69, 9.17) is 53.5 Å². The molecule has 6 aliphatic heterocycles. The highest BCUT2D eigenvalue weighted by atomic mass is 28.6. The molecule has 24 heteroatoms. The fraction of sp³-hybridized carbons (Fsp3) is 0.976. The van der Waals surface area contributed by atoms with Crippen LogP contribution in [0.1, 0.15) is 186 Å². The zero-order valence-electron chi connectivity index (χ0n) is 39.1. The van der Waals surface area contributed by atoms with Gasteiger partial charge < -0.3 is 53.5 Å². The lowest BCUT2D eigenvalue weighted by molar-refractivity contribution is -0.0610. The largest absolute Gasteiger partial charge is 0.646 e. The van der Waals surface area contributed by atoms with Gasteiger partial charge in [0.2, 0.25) is 6.08 Å². The van der Waals surface area contributed by atoms with Gasteiger partial charge in [-0.15, -0.1) is 0 Å². The fourth-order valence-corrected chi connectivity index (χ4v) is 73.6. The van der Waals surface area contributed by atoms with Gasteiger partial charge in [0, 0.05) is 38.8 Å². The zero-order valence-corrected chi connectivity index (χ0v) is 48.1. The fourth-order valence-electron chi connectivity index (χ4n) is 14.6. The molecule has 7 aliphatic carbocycles. The standard InChI is InChI=1S/C41H75NO14Si9/c1-57(2,33-17-32-42-34-43)44-65-54-62(39-26-11-12-27-39)48-59(36-20-5-6-21-36)45-58(35-18-3-4-19-35)46-60(50-62,37-22-7-8-23-37)52-64(56-65,41-30-15-16-31-41)53-61(47-58,38-24-9-10-25-38)51-63(49-59,55-65)40-28-13-14-29-40/h35-41H,3-33H2,1-2H3. The summed E-state index contributed by atoms with van der Waals surface area (Å²) in [4.78, 5) is 15.2. The molecule has 6 saturated heterocycles. The predicted octanol–water partition coefficient (Wildman–Crippen LogP) is 10.8. The van der Waals surface area contributed by atoms with Gasteiger partial charge in [-0.1, -0.05) is 89.9 Å². The van der Waals surface area contributed by atoms with Crippen LogP contribution in [0.4, 0.5) is 0 Å². The van der Waals surface area contributed by atoms with E-state index in [-0.39, 0.29) is 38.8 Å². The van der Waals surface area contributed by atoms with Crippen molar-refractivity contribution in [3.63, 3.8) is 0 Å². The molecule has 8 bridgehead atoms. The van der Waals surface area contributed by atoms with Gasteiger partial charge in [-0.25, -0.2) is 9.79 Å². The second kappa shape index (κ2) is 17.8. The molecule has 15 nitrogen and oxygen atoms in total. The molecule has 364 valence electrons. The van der Waals surface area contributed by atoms with Crippen LogP contribution in [0.5, 0.6) is 0 Å². The van der Waals surface area contributed by atoms with Crippen LogP contribution >= 0.6 is 0 Å². The van der Waals surface area contributed by atoms with E-state index in [0.717, 1.165) is 180 Å². The Morgan fingerprint density at radius 3 is 0.831 bits per heavy atom. The molecule has 0 spiro atoms. The summed E-state index contributed by atoms with van der Waals surface area (Å²) in [5.74, 6) is 0. The number of hydrogen-bond donors (Lipinski definition) is 0. The number of rotatable bonds is 13. The summed E-state index contributed by atoms with van der Waals surface area (Å²) in [5, 5.41) is 0. The molecule has 7 saturated carbocycles. The molecule has 0 amide bonds. The van der Waals surface area contributed by atoms with Crippen LogP contribution in [0, 0.1) is 0 Å². The first-order valence-electron chi connectivity index (χ1n) is 26.6. The van der Waals surface area contributed by atoms with Gasteiger partial charge in [0.15, 0.2) is 8.32 Å². The maximum Gasteiger partial charge on any atom is 0.646 e. The van der Waals surface area contributed by atoms with Gasteiger partial charge >= 0.3 is 70.7 Å². The van der Waals surface area contributed by atoms with E-state index in [0.29, 0.717) is 19.0 Å². The van der Waals surface area contributed by atoms with Crippen LogP contribution in [-0.2, 0) is 58.3 Å². The summed E-state index contributed by atoms with van der Waals surface area (Å²) in [6.07, 6.45) is 30.3. The van der Waals surface area contributed by atoms with Crippen molar-refractivity contribution in [3.05, 3.63) is 0 Å². The SMILES string of the molecule is C[Si](C)(CCCN=C=O)O[Si]12O[Si]3(C4CCCC4)O[Si]4(C5CCCC5)O[Si](C5CCCC5)(O1)O[Si]1(C5CCCC5)O[Si](C5CCCC5)(O2)O[Si](C2CCCC2)(O3)O[Si](C2CCCC2)(O4)O1. The summed E-state index contributed by atoms with van der Waals surface area (Å²) in [6.45, 7) is 4.82. The first kappa shape index (κ1) is 46.9. The topological polar surface area (TPSA) is 149 Å². The molecule has 0 aromatic rings. The van der Waals surface area contributed by atoms with Gasteiger partial charge in [0.1, 0.15) is 0 Å². The van der Waals surface area contributed by atoms with Gasteiger partial charge in [0.05, 0.1) is 6.54 Å². The lowest BCUT2D eigenvalue weighted by Crippen LogP contribution is -2.91. The Hall–Kier alpha value is 0.812. The first-order valence-corrected chi connectivity index (χ1v) is 44.0. The van der Waals surface area contributed by atoms with Crippen LogP contribution < -0.4 is 0 Å². The molecule has 6 heterocycles. The zero-order chi connectivity index (χ0) is 44.1. The molecular formula is C41H75NO14Si9. The second-order valence-electron chi connectivity index (χ2n) is 22.8. The lowest BCUT2D eigenvalue weighted by Gasteiger charge is -2.66. The van der Waals surface area contributed by atoms with Crippen molar-refractivity contribution in [3.8, 4) is 0 Å². The number of isocyanates is 1. The van der Waals surface area contributed by atoms with Gasteiger partial charge in [-0.05, 0) is 115 Å². The van der Waals surface area contributed by atoms with Gasteiger partial charge in [-0.3, -0.25) is 0 Å². The number of hydrogen-bond acceptors (Lipinski definition) is 15. The molecule has 0 aromatic carbocycles. The third-order valence-corrected chi connectivity index (χ3v) is 60.6. The van der Waals surface area contributed by atoms with Crippen molar-refractivity contribution in [2.75, 3.05) is 6.54 Å². The molecule has 13 rings (SSSR count). The molecule has 0 aromatic heterocycles. The molecule has 0 N–H and O–H groups in total. The second-order valence-corrected chi connectivity index (χ2v) is 52.6. The molecule has 0 radical (unpaired) electrons. The molecule has 13 aliphatic rings. The minimum atomic E-state index is -4.54. The Balaban J connectivity index is 1.16. The van der Waals surface area contributed by atoms with E-state index in [1.54, 1.807) is 6.08 Å². The van der Waals surface area contributed by atoms with E-state index in [1.807, 2.05) is 0 Å². The van der Waals surface area contributed by atoms with Crippen LogP contribution in [0.25, 0.3) is 0 Å². The monoisotopic (exact) mass is 1060 g/mol. The minimum absolute atomic E-state index is 0.00472. The van der Waals surface area contributed by atoms with Crippen LogP contribution in [-0.4, -0.2) is 91.6 Å². The van der Waals surface area contributed by atoms with Gasteiger partial charge in [0.25, 0.3) is 0 Å². The first-order chi connectivity index (χ1) is 31.5. The molecule has 0 atom stereocenters. The summed E-state index contributed by atoms with van der Waals surface area (Å²) in [6, 6.07) is 0.704. The van der Waals surface area contributed by atoms with Crippen molar-refractivity contribution < 1.29 is 58.3 Å². The summed E-state index contributed by atoms with van der Waals surface area (Å²) in [7, 11) is -35.6. The molecule has 65 heavy (non-hydrogen) atoms. The summed E-state index contributed by atoms with van der Waals surface area (Å²) < 4.78 is 109. The highest BCUT2D eigenvalue weighted by Crippen LogP contribution is 2.66. The van der Waals surface area contributed by atoms with Crippen LogP contribution in [0.15, 0.2) is 4.99 Å². The average molecular weight is 1060 g/mol. The van der Waals surface area contributed by atoms with E-state index >= 15 is 0 Å². The Morgan fingerprint density at radius 2 is 0.615 bits per heavy atom. The van der Waals surface area contributed by atoms with Crippen molar-refractivity contribution in [1.29, 1.82) is 0 Å². The third kappa shape index (κ3) is 8.18. The number of nitrogens with zero attached hydrogens (tertiary/aromatic N) is 1. The highest BCUT2D eigenvalue weighted by Gasteiger charge is 2.89. The maximum atomic E-state index is 11.2. The van der Waals surface area contributed by atoms with E-state index in [1.165, 1.54) is 0 Å². The number of aliphatic imine (C=N–C) groups is 1. The third-order valence-electron chi connectivity index (χ3n) is 17.9. The van der Waals surface area contributed by atoms with Gasteiger partial charge in [-0.2, -0.15) is 0 Å².